The van der Waals surface area contributed by atoms with E-state index in [9.17, 15) is 0 Å². The first kappa shape index (κ1) is 5.39. The summed E-state index contributed by atoms with van der Waals surface area (Å²) in [6, 6.07) is 0. The fraction of sp³-hybridized carbons (Fsp3) is 1.00. The third-order valence-corrected chi connectivity index (χ3v) is 1.47. The molecule has 1 rings (SSSR count). The Balaban J connectivity index is 0.000000490. The van der Waals surface area contributed by atoms with Crippen LogP contribution >= 0.6 is 11.6 Å². The van der Waals surface area contributed by atoms with E-state index in [1.54, 1.807) is 0 Å². The molecular formula is C5H10ClO+. The Morgan fingerprint density at radius 3 is 2.71 bits per heavy atom. The van der Waals surface area contributed by atoms with Gasteiger partial charge in [0.1, 0.15) is 5.56 Å². The average Bonchev–Trinajstić information content (AvgIpc) is 1.69. The molecule has 0 bridgehead atoms. The lowest BCUT2D eigenvalue weighted by molar-refractivity contribution is 0.0680. The Hall–Kier alpha value is 0.250. The second kappa shape index (κ2) is 2.53. The standard InChI is InChI=1S/C5H9ClO/c6-5-3-1-2-4-7-5/h5H,1-4H2/p+1. The summed E-state index contributed by atoms with van der Waals surface area (Å²) >= 11 is 5.59. The van der Waals surface area contributed by atoms with Gasteiger partial charge >= 0.3 is 1.43 Å². The lowest BCUT2D eigenvalue weighted by Gasteiger charge is -2.15. The molecule has 1 fully saturated rings. The van der Waals surface area contributed by atoms with Crippen LogP contribution in [0.1, 0.15) is 20.7 Å². The second-order valence-corrected chi connectivity index (χ2v) is 2.26. The van der Waals surface area contributed by atoms with Crippen LogP contribution in [-0.4, -0.2) is 12.2 Å². The maximum Gasteiger partial charge on any atom is 1.00 e. The minimum atomic E-state index is 0. The zero-order valence-corrected chi connectivity index (χ0v) is 4.95. The van der Waals surface area contributed by atoms with Crippen molar-refractivity contribution >= 4 is 11.6 Å². The molecule has 1 saturated heterocycles. The van der Waals surface area contributed by atoms with Crippen molar-refractivity contribution in [2.45, 2.75) is 24.8 Å². The first-order valence-electron chi connectivity index (χ1n) is 2.65. The summed E-state index contributed by atoms with van der Waals surface area (Å²) in [6.45, 7) is 0.855. The maximum atomic E-state index is 5.59. The Labute approximate surface area is 50.1 Å². The predicted octanol–water partition coefficient (Wildman–Crippen LogP) is 1.86. The van der Waals surface area contributed by atoms with E-state index in [1.165, 1.54) is 12.8 Å². The number of halogens is 1. The molecule has 0 radical (unpaired) electrons. The monoisotopic (exact) mass is 121 g/mol. The highest BCUT2D eigenvalue weighted by Gasteiger charge is 2.08. The molecule has 1 aliphatic rings. The van der Waals surface area contributed by atoms with Crippen molar-refractivity contribution in [3.63, 3.8) is 0 Å². The van der Waals surface area contributed by atoms with Gasteiger partial charge in [-0.3, -0.25) is 0 Å². The lowest BCUT2D eigenvalue weighted by atomic mass is 10.2. The fourth-order valence-electron chi connectivity index (χ4n) is 0.701. The van der Waals surface area contributed by atoms with E-state index in [-0.39, 0.29) is 6.99 Å². The quantitative estimate of drug-likeness (QED) is 0.445. The third-order valence-electron chi connectivity index (χ3n) is 1.12. The van der Waals surface area contributed by atoms with Gasteiger partial charge in [-0.25, -0.2) is 0 Å². The van der Waals surface area contributed by atoms with Gasteiger partial charge in [-0.05, 0) is 19.3 Å². The normalized spacial score (nSPS) is 33.0. The topological polar surface area (TPSA) is 9.23 Å². The molecule has 0 N–H and O–H groups in total. The largest absolute Gasteiger partial charge is 1.00 e. The number of hydrogen-bond acceptors (Lipinski definition) is 1. The molecule has 1 atom stereocenters. The van der Waals surface area contributed by atoms with Crippen molar-refractivity contribution in [1.29, 1.82) is 0 Å². The Bertz CT molecular complexity index is 54.4. The molecule has 42 valence electrons. The van der Waals surface area contributed by atoms with Crippen molar-refractivity contribution in [3.8, 4) is 0 Å². The molecule has 0 aromatic rings. The van der Waals surface area contributed by atoms with E-state index in [0.29, 0.717) is 0 Å². The molecule has 0 aromatic heterocycles. The van der Waals surface area contributed by atoms with Crippen LogP contribution in [0.2, 0.25) is 0 Å². The van der Waals surface area contributed by atoms with Crippen LogP contribution in [-0.2, 0) is 4.74 Å². The van der Waals surface area contributed by atoms with E-state index in [4.69, 9.17) is 16.3 Å². The van der Waals surface area contributed by atoms with Gasteiger partial charge in [0.2, 0.25) is 0 Å². The average molecular weight is 122 g/mol. The first-order valence-corrected chi connectivity index (χ1v) is 3.09. The summed E-state index contributed by atoms with van der Waals surface area (Å²) in [6.07, 6.45) is 3.44. The molecule has 1 unspecified atom stereocenters. The van der Waals surface area contributed by atoms with E-state index in [2.05, 4.69) is 0 Å². The molecule has 1 heterocycles. The van der Waals surface area contributed by atoms with Gasteiger partial charge in [0.15, 0.2) is 0 Å². The zero-order valence-electron chi connectivity index (χ0n) is 5.19. The molecule has 0 amide bonds. The number of alkyl halides is 1. The molecule has 2 heteroatoms. The van der Waals surface area contributed by atoms with Gasteiger partial charge in [0, 0.05) is 6.61 Å². The second-order valence-electron chi connectivity index (χ2n) is 1.78. The molecule has 1 nitrogen and oxygen atoms in total. The smallest absolute Gasteiger partial charge is 0.362 e. The molecular weight excluding hydrogens is 112 g/mol. The highest BCUT2D eigenvalue weighted by Crippen LogP contribution is 2.14. The van der Waals surface area contributed by atoms with Crippen LogP contribution < -0.4 is 0 Å². The predicted molar refractivity (Wildman–Crippen MR) is 30.6 cm³/mol. The van der Waals surface area contributed by atoms with Crippen molar-refractivity contribution in [1.82, 2.24) is 0 Å². The van der Waals surface area contributed by atoms with Gasteiger partial charge < -0.3 is 4.74 Å². The van der Waals surface area contributed by atoms with Gasteiger partial charge in [-0.2, -0.15) is 0 Å². The number of ether oxygens (including phenoxy) is 1. The van der Waals surface area contributed by atoms with Gasteiger partial charge in [0.25, 0.3) is 0 Å². The Morgan fingerprint density at radius 1 is 1.57 bits per heavy atom. The number of hydrogen-bond donors (Lipinski definition) is 0. The Kier molecular flexibility index (Phi) is 1.95. The lowest BCUT2D eigenvalue weighted by Crippen LogP contribution is -2.11. The van der Waals surface area contributed by atoms with Gasteiger partial charge in [0.05, 0.1) is 0 Å². The highest BCUT2D eigenvalue weighted by molar-refractivity contribution is 6.19. The van der Waals surface area contributed by atoms with E-state index in [1.807, 2.05) is 0 Å². The summed E-state index contributed by atoms with van der Waals surface area (Å²) in [5, 5.41) is 0. The summed E-state index contributed by atoms with van der Waals surface area (Å²) in [5.41, 5.74) is 0.00810. The molecule has 0 spiro atoms. The summed E-state index contributed by atoms with van der Waals surface area (Å²) < 4.78 is 5.04. The van der Waals surface area contributed by atoms with E-state index >= 15 is 0 Å². The van der Waals surface area contributed by atoms with E-state index < -0.39 is 0 Å². The molecule has 0 aromatic carbocycles. The third kappa shape index (κ3) is 1.66. The minimum Gasteiger partial charge on any atom is -0.362 e. The van der Waals surface area contributed by atoms with Crippen LogP contribution in [0.3, 0.4) is 0 Å². The van der Waals surface area contributed by atoms with Crippen molar-refractivity contribution in [2.24, 2.45) is 0 Å². The number of rotatable bonds is 0. The zero-order chi connectivity index (χ0) is 5.11. The van der Waals surface area contributed by atoms with E-state index in [0.717, 1.165) is 13.0 Å². The Morgan fingerprint density at radius 2 is 2.43 bits per heavy atom. The van der Waals surface area contributed by atoms with Crippen LogP contribution in [0.5, 0.6) is 0 Å². The SMILES string of the molecule is ClC1CCCCO1.[H+]. The van der Waals surface area contributed by atoms with Gasteiger partial charge in [-0.1, -0.05) is 11.6 Å². The molecule has 1 aliphatic heterocycles. The maximum absolute atomic E-state index is 5.59. The van der Waals surface area contributed by atoms with Gasteiger partial charge in [-0.15, -0.1) is 0 Å². The molecule has 0 saturated carbocycles. The minimum absolute atomic E-state index is 0. The van der Waals surface area contributed by atoms with Crippen molar-refractivity contribution in [2.75, 3.05) is 6.61 Å². The molecule has 0 aliphatic carbocycles. The summed E-state index contributed by atoms with van der Waals surface area (Å²) in [5.74, 6) is 0. The molecule has 7 heavy (non-hydrogen) atoms. The van der Waals surface area contributed by atoms with Crippen LogP contribution in [0.4, 0.5) is 0 Å². The van der Waals surface area contributed by atoms with Crippen molar-refractivity contribution in [3.05, 3.63) is 0 Å². The highest BCUT2D eigenvalue weighted by atomic mass is 35.5. The summed E-state index contributed by atoms with van der Waals surface area (Å²) in [7, 11) is 0. The first-order chi connectivity index (χ1) is 3.39. The van der Waals surface area contributed by atoms with Crippen LogP contribution in [0.25, 0.3) is 0 Å². The van der Waals surface area contributed by atoms with Crippen LogP contribution in [0.15, 0.2) is 0 Å². The van der Waals surface area contributed by atoms with Crippen LogP contribution in [0, 0.1) is 0 Å². The summed E-state index contributed by atoms with van der Waals surface area (Å²) in [4.78, 5) is 0. The van der Waals surface area contributed by atoms with Crippen molar-refractivity contribution < 1.29 is 6.16 Å². The fourth-order valence-corrected chi connectivity index (χ4v) is 0.945.